The molecule has 11 heteroatoms. The first-order chi connectivity index (χ1) is 17.4. The van der Waals surface area contributed by atoms with Gasteiger partial charge in [-0.05, 0) is 68.3 Å². The van der Waals surface area contributed by atoms with Crippen LogP contribution in [0.15, 0.2) is 48.8 Å². The van der Waals surface area contributed by atoms with E-state index in [0.29, 0.717) is 55.2 Å². The van der Waals surface area contributed by atoms with E-state index in [9.17, 15) is 23.1 Å². The second-order valence-electron chi connectivity index (χ2n) is 9.89. The van der Waals surface area contributed by atoms with E-state index in [2.05, 4.69) is 20.1 Å². The van der Waals surface area contributed by atoms with Crippen molar-refractivity contribution in [2.75, 3.05) is 31.1 Å². The first-order valence-electron chi connectivity index (χ1n) is 11.8. The van der Waals surface area contributed by atoms with Crippen LogP contribution in [0, 0.1) is 0 Å². The Bertz CT molecular complexity index is 1250. The summed E-state index contributed by atoms with van der Waals surface area (Å²) in [6.45, 7) is 8.07. The van der Waals surface area contributed by atoms with Gasteiger partial charge in [-0.15, -0.1) is 10.2 Å². The average molecular weight is 516 g/mol. The van der Waals surface area contributed by atoms with Crippen LogP contribution in [-0.4, -0.2) is 62.9 Å². The number of carbonyl (C=O) groups excluding carboxylic acids is 1. The number of halogens is 3. The van der Waals surface area contributed by atoms with Crippen molar-refractivity contribution in [3.05, 3.63) is 65.6 Å². The highest BCUT2D eigenvalue weighted by atomic mass is 19.4. The summed E-state index contributed by atoms with van der Waals surface area (Å²) in [5.74, 6) is -0.0437. The lowest BCUT2D eigenvalue weighted by molar-refractivity contribution is -0.137. The van der Waals surface area contributed by atoms with Crippen LogP contribution in [0.3, 0.4) is 0 Å². The molecule has 4 rings (SSSR count). The second-order valence-corrected chi connectivity index (χ2v) is 9.89. The van der Waals surface area contributed by atoms with Crippen LogP contribution in [0.2, 0.25) is 0 Å². The predicted octanol–water partition coefficient (Wildman–Crippen LogP) is 4.54. The molecule has 0 amide bonds. The Morgan fingerprint density at radius 2 is 1.70 bits per heavy atom. The maximum absolute atomic E-state index is 13.6. The van der Waals surface area contributed by atoms with E-state index in [1.54, 1.807) is 39.0 Å². The molecule has 0 aliphatic carbocycles. The summed E-state index contributed by atoms with van der Waals surface area (Å²) in [4.78, 5) is 20.1. The molecule has 3 aromatic rings. The van der Waals surface area contributed by atoms with E-state index in [1.165, 1.54) is 18.5 Å². The molecule has 0 radical (unpaired) electrons. The van der Waals surface area contributed by atoms with Crippen molar-refractivity contribution in [3.63, 3.8) is 0 Å². The number of aromatic hydroxyl groups is 1. The lowest BCUT2D eigenvalue weighted by Crippen LogP contribution is -2.46. The summed E-state index contributed by atoms with van der Waals surface area (Å²) in [6, 6.07) is 8.59. The number of nitrogens with zero attached hydrogens (tertiary/aromatic N) is 5. The van der Waals surface area contributed by atoms with Gasteiger partial charge in [0.25, 0.3) is 0 Å². The van der Waals surface area contributed by atoms with Crippen molar-refractivity contribution < 1.29 is 27.8 Å². The number of carbonyl (C=O) groups is 1. The van der Waals surface area contributed by atoms with E-state index in [-0.39, 0.29) is 11.4 Å². The Kier molecular flexibility index (Phi) is 7.35. The molecule has 1 N–H and O–H groups in total. The Labute approximate surface area is 212 Å². The number of hydrogen-bond donors (Lipinski definition) is 1. The minimum Gasteiger partial charge on any atom is -0.506 e. The lowest BCUT2D eigenvalue weighted by atomic mass is 10.00. The molecule has 1 aromatic carbocycles. The fourth-order valence-electron chi connectivity index (χ4n) is 4.03. The Hall–Kier alpha value is -3.73. The van der Waals surface area contributed by atoms with Gasteiger partial charge in [-0.25, -0.2) is 4.79 Å². The highest BCUT2D eigenvalue weighted by molar-refractivity contribution is 5.87. The van der Waals surface area contributed by atoms with Gasteiger partial charge in [0.1, 0.15) is 11.4 Å². The largest absolute Gasteiger partial charge is 0.506 e. The molecule has 1 saturated heterocycles. The molecule has 196 valence electrons. The minimum atomic E-state index is -4.50. The van der Waals surface area contributed by atoms with Gasteiger partial charge in [0.2, 0.25) is 0 Å². The third-order valence-corrected chi connectivity index (χ3v) is 5.74. The van der Waals surface area contributed by atoms with Crippen LogP contribution < -0.4 is 4.90 Å². The van der Waals surface area contributed by atoms with Gasteiger partial charge >= 0.3 is 12.1 Å². The summed E-state index contributed by atoms with van der Waals surface area (Å²) in [5.41, 5.74) is 0.0105. The molecule has 2 aromatic heterocycles. The number of benzene rings is 1. The van der Waals surface area contributed by atoms with Crippen molar-refractivity contribution in [1.29, 1.82) is 0 Å². The smallest absolute Gasteiger partial charge is 0.416 e. The van der Waals surface area contributed by atoms with Gasteiger partial charge in [0.15, 0.2) is 11.5 Å². The first-order valence-corrected chi connectivity index (χ1v) is 11.8. The molecule has 0 unspecified atom stereocenters. The van der Waals surface area contributed by atoms with Crippen LogP contribution in [0.5, 0.6) is 5.75 Å². The van der Waals surface area contributed by atoms with Crippen molar-refractivity contribution in [1.82, 2.24) is 20.1 Å². The Balaban J connectivity index is 1.43. The number of anilines is 1. The zero-order chi connectivity index (χ0) is 26.8. The standard InChI is InChI=1S/C26H28F3N5O3/c1-25(2,3)37-24(36)22-4-5-23(32-31-22)34-8-6-33(7-9-34)16-17-10-18(12-20(11-17)26(27,28)29)19-13-21(35)15-30-14-19/h4-5,10-15,35H,6-9,16H2,1-3H3. The molecule has 37 heavy (non-hydrogen) atoms. The number of hydrogen-bond acceptors (Lipinski definition) is 8. The van der Waals surface area contributed by atoms with Gasteiger partial charge in [0, 0.05) is 44.5 Å². The number of piperazine rings is 1. The van der Waals surface area contributed by atoms with E-state index < -0.39 is 23.3 Å². The highest BCUT2D eigenvalue weighted by Gasteiger charge is 2.31. The van der Waals surface area contributed by atoms with Crippen molar-refractivity contribution in [2.45, 2.75) is 39.1 Å². The second kappa shape index (κ2) is 10.3. The summed E-state index contributed by atoms with van der Waals surface area (Å²) in [5, 5.41) is 17.9. The fraction of sp³-hybridized carbons (Fsp3) is 0.385. The van der Waals surface area contributed by atoms with Gasteiger partial charge in [0.05, 0.1) is 11.8 Å². The number of ether oxygens (including phenoxy) is 1. The van der Waals surface area contributed by atoms with Crippen LogP contribution in [-0.2, 0) is 17.5 Å². The molecule has 3 heterocycles. The van der Waals surface area contributed by atoms with Crippen molar-refractivity contribution in [2.24, 2.45) is 0 Å². The number of alkyl halides is 3. The molecule has 0 spiro atoms. The molecule has 1 fully saturated rings. The van der Waals surface area contributed by atoms with Gasteiger partial charge < -0.3 is 14.7 Å². The van der Waals surface area contributed by atoms with Crippen LogP contribution in [0.25, 0.3) is 11.1 Å². The normalized spacial score (nSPS) is 15.0. The zero-order valence-electron chi connectivity index (χ0n) is 20.8. The highest BCUT2D eigenvalue weighted by Crippen LogP contribution is 2.34. The summed E-state index contributed by atoms with van der Waals surface area (Å²) in [6.07, 6.45) is -1.85. The molecule has 8 nitrogen and oxygen atoms in total. The van der Waals surface area contributed by atoms with E-state index in [1.807, 2.05) is 4.90 Å². The molecular formula is C26H28F3N5O3. The van der Waals surface area contributed by atoms with Gasteiger partial charge in [-0.3, -0.25) is 9.88 Å². The van der Waals surface area contributed by atoms with Gasteiger partial charge in [-0.2, -0.15) is 13.2 Å². The zero-order valence-corrected chi connectivity index (χ0v) is 20.8. The van der Waals surface area contributed by atoms with Crippen LogP contribution >= 0.6 is 0 Å². The van der Waals surface area contributed by atoms with E-state index in [4.69, 9.17) is 4.74 Å². The van der Waals surface area contributed by atoms with Crippen LogP contribution in [0.4, 0.5) is 19.0 Å². The molecule has 0 atom stereocenters. The lowest BCUT2D eigenvalue weighted by Gasteiger charge is -2.35. The van der Waals surface area contributed by atoms with Crippen LogP contribution in [0.1, 0.15) is 42.4 Å². The first kappa shape index (κ1) is 26.3. The molecular weight excluding hydrogens is 487 g/mol. The third kappa shape index (κ3) is 6.94. The van der Waals surface area contributed by atoms with Gasteiger partial charge in [-0.1, -0.05) is 0 Å². The maximum Gasteiger partial charge on any atom is 0.416 e. The maximum atomic E-state index is 13.6. The molecule has 0 bridgehead atoms. The predicted molar refractivity (Wildman–Crippen MR) is 131 cm³/mol. The van der Waals surface area contributed by atoms with Crippen molar-refractivity contribution >= 4 is 11.8 Å². The topological polar surface area (TPSA) is 91.7 Å². The number of aromatic nitrogens is 3. The van der Waals surface area contributed by atoms with Crippen molar-refractivity contribution in [3.8, 4) is 16.9 Å². The number of rotatable bonds is 5. The quantitative estimate of drug-likeness (QED) is 0.496. The molecule has 1 aliphatic rings. The Morgan fingerprint density at radius 1 is 0.973 bits per heavy atom. The number of pyridine rings is 1. The molecule has 0 saturated carbocycles. The summed E-state index contributed by atoms with van der Waals surface area (Å²) < 4.78 is 46.1. The minimum absolute atomic E-state index is 0.116. The number of esters is 1. The average Bonchev–Trinajstić information content (AvgIpc) is 2.83. The summed E-state index contributed by atoms with van der Waals surface area (Å²) in [7, 11) is 0. The fourth-order valence-corrected chi connectivity index (χ4v) is 4.03. The molecule has 1 aliphatic heterocycles. The SMILES string of the molecule is CC(C)(C)OC(=O)c1ccc(N2CCN(Cc3cc(-c4cncc(O)c4)cc(C(F)(F)F)c3)CC2)nn1. The monoisotopic (exact) mass is 515 g/mol. The third-order valence-electron chi connectivity index (χ3n) is 5.74. The Morgan fingerprint density at radius 3 is 2.30 bits per heavy atom. The van der Waals surface area contributed by atoms with E-state index >= 15 is 0 Å². The summed E-state index contributed by atoms with van der Waals surface area (Å²) >= 11 is 0. The van der Waals surface area contributed by atoms with E-state index in [0.717, 1.165) is 12.1 Å².